The van der Waals surface area contributed by atoms with Gasteiger partial charge in [-0.15, -0.1) is 0 Å². The van der Waals surface area contributed by atoms with Crippen LogP contribution in [0.2, 0.25) is 0 Å². The normalized spacial score (nSPS) is 36.7. The zero-order valence-electron chi connectivity index (χ0n) is 11.9. The molecule has 0 spiro atoms. The Balaban J connectivity index is 1.58. The van der Waals surface area contributed by atoms with Gasteiger partial charge in [0, 0.05) is 11.2 Å². The first-order valence-corrected chi connectivity index (χ1v) is 7.84. The molecule has 5 rings (SSSR count). The lowest BCUT2D eigenvalue weighted by Crippen LogP contribution is -2.54. The first-order chi connectivity index (χ1) is 10.0. The Kier molecular flexibility index (Phi) is 2.78. The number of benzene rings is 1. The van der Waals surface area contributed by atoms with Crippen LogP contribution in [-0.4, -0.2) is 16.6 Å². The largest absolute Gasteiger partial charge is 0.478 e. The molecule has 112 valence electrons. The minimum absolute atomic E-state index is 0.117. The second kappa shape index (κ2) is 4.46. The number of nitrogens with one attached hydrogen (secondary N) is 1. The maximum atomic E-state index is 13.8. The van der Waals surface area contributed by atoms with Crippen molar-refractivity contribution in [1.29, 1.82) is 0 Å². The molecule has 4 aliphatic rings. The average molecular weight is 289 g/mol. The molecular formula is C17H20FNO2. The summed E-state index contributed by atoms with van der Waals surface area (Å²) in [7, 11) is 0. The predicted octanol–water partition coefficient (Wildman–Crippen LogP) is 3.90. The second-order valence-corrected chi connectivity index (χ2v) is 7.32. The highest BCUT2D eigenvalue weighted by Crippen LogP contribution is 2.56. The summed E-state index contributed by atoms with van der Waals surface area (Å²) in [6, 6.07) is 4.40. The van der Waals surface area contributed by atoms with E-state index in [1.165, 1.54) is 50.7 Å². The molecule has 0 amide bonds. The third-order valence-electron chi connectivity index (χ3n) is 5.65. The lowest BCUT2D eigenvalue weighted by molar-refractivity contribution is 0.0107. The Hall–Kier alpha value is -1.58. The van der Waals surface area contributed by atoms with E-state index < -0.39 is 11.8 Å². The molecule has 4 bridgehead atoms. The summed E-state index contributed by atoms with van der Waals surface area (Å²) in [6.07, 6.45) is 7.65. The van der Waals surface area contributed by atoms with Gasteiger partial charge in [0.2, 0.25) is 0 Å². The van der Waals surface area contributed by atoms with Crippen molar-refractivity contribution in [3.63, 3.8) is 0 Å². The van der Waals surface area contributed by atoms with E-state index in [1.807, 2.05) is 0 Å². The van der Waals surface area contributed by atoms with Crippen molar-refractivity contribution < 1.29 is 14.3 Å². The Bertz CT molecular complexity index is 563. The van der Waals surface area contributed by atoms with Crippen LogP contribution in [0.4, 0.5) is 10.1 Å². The van der Waals surface area contributed by atoms with Crippen LogP contribution in [0.1, 0.15) is 48.9 Å². The zero-order chi connectivity index (χ0) is 14.6. The highest BCUT2D eigenvalue weighted by atomic mass is 19.1. The van der Waals surface area contributed by atoms with Crippen molar-refractivity contribution in [2.75, 3.05) is 5.32 Å². The first kappa shape index (κ1) is 13.1. The van der Waals surface area contributed by atoms with E-state index in [-0.39, 0.29) is 11.1 Å². The molecule has 0 atom stereocenters. The number of halogens is 1. The zero-order valence-corrected chi connectivity index (χ0v) is 11.9. The fourth-order valence-corrected chi connectivity index (χ4v) is 5.34. The topological polar surface area (TPSA) is 49.3 Å². The average Bonchev–Trinajstić information content (AvgIpc) is 2.35. The second-order valence-electron chi connectivity index (χ2n) is 7.32. The SMILES string of the molecule is O=C(O)c1ccc(NC23CC4CC(CC(C4)C2)C3)cc1F. The fourth-order valence-electron chi connectivity index (χ4n) is 5.34. The molecular weight excluding hydrogens is 269 g/mol. The smallest absolute Gasteiger partial charge is 0.338 e. The third kappa shape index (κ3) is 2.21. The van der Waals surface area contributed by atoms with E-state index in [4.69, 9.17) is 5.11 Å². The number of aromatic carboxylic acids is 1. The van der Waals surface area contributed by atoms with Crippen LogP contribution < -0.4 is 5.32 Å². The molecule has 1 aromatic carbocycles. The molecule has 1 aromatic rings. The van der Waals surface area contributed by atoms with Crippen LogP contribution in [0.25, 0.3) is 0 Å². The van der Waals surface area contributed by atoms with Crippen LogP contribution in [0.3, 0.4) is 0 Å². The molecule has 3 nitrogen and oxygen atoms in total. The standard InChI is InChI=1S/C17H20FNO2/c18-15-6-13(1-2-14(15)16(20)21)19-17-7-10-3-11(8-17)5-12(4-10)9-17/h1-2,6,10-12,19H,3-5,7-9H2,(H,20,21). The van der Waals surface area contributed by atoms with E-state index in [2.05, 4.69) is 5.32 Å². The van der Waals surface area contributed by atoms with Crippen LogP contribution in [0.5, 0.6) is 0 Å². The van der Waals surface area contributed by atoms with Gasteiger partial charge < -0.3 is 10.4 Å². The molecule has 4 heteroatoms. The van der Waals surface area contributed by atoms with Crippen LogP contribution >= 0.6 is 0 Å². The highest BCUT2D eigenvalue weighted by Gasteiger charge is 2.50. The number of hydrogen-bond donors (Lipinski definition) is 2. The summed E-state index contributed by atoms with van der Waals surface area (Å²) >= 11 is 0. The minimum Gasteiger partial charge on any atom is -0.478 e. The summed E-state index contributed by atoms with van der Waals surface area (Å²) in [5, 5.41) is 12.5. The molecule has 2 N–H and O–H groups in total. The Morgan fingerprint density at radius 1 is 1.14 bits per heavy atom. The molecule has 0 radical (unpaired) electrons. The Labute approximate surface area is 123 Å². The summed E-state index contributed by atoms with van der Waals surface area (Å²) in [5.41, 5.74) is 0.580. The molecule has 21 heavy (non-hydrogen) atoms. The van der Waals surface area contributed by atoms with Gasteiger partial charge in [-0.2, -0.15) is 0 Å². The summed E-state index contributed by atoms with van der Waals surface area (Å²) in [4.78, 5) is 10.9. The summed E-state index contributed by atoms with van der Waals surface area (Å²) < 4.78 is 13.8. The van der Waals surface area contributed by atoms with E-state index >= 15 is 0 Å². The number of carbonyl (C=O) groups is 1. The van der Waals surface area contributed by atoms with E-state index in [9.17, 15) is 9.18 Å². The molecule has 0 aromatic heterocycles. The molecule has 0 saturated heterocycles. The minimum atomic E-state index is -1.21. The lowest BCUT2D eigenvalue weighted by Gasteiger charge is -2.57. The molecule has 0 aliphatic heterocycles. The van der Waals surface area contributed by atoms with Crippen molar-refractivity contribution in [3.05, 3.63) is 29.6 Å². The monoisotopic (exact) mass is 289 g/mol. The Morgan fingerprint density at radius 3 is 2.19 bits per heavy atom. The van der Waals surface area contributed by atoms with Crippen LogP contribution in [0.15, 0.2) is 18.2 Å². The van der Waals surface area contributed by atoms with Crippen molar-refractivity contribution in [2.24, 2.45) is 17.8 Å². The lowest BCUT2D eigenvalue weighted by atomic mass is 9.53. The number of anilines is 1. The van der Waals surface area contributed by atoms with Crippen molar-refractivity contribution in [1.82, 2.24) is 0 Å². The summed E-state index contributed by atoms with van der Waals surface area (Å²) in [5.74, 6) is 0.608. The number of rotatable bonds is 3. The van der Waals surface area contributed by atoms with Gasteiger partial charge in [-0.3, -0.25) is 0 Å². The predicted molar refractivity (Wildman–Crippen MR) is 77.9 cm³/mol. The van der Waals surface area contributed by atoms with Gasteiger partial charge in [-0.1, -0.05) is 0 Å². The van der Waals surface area contributed by atoms with Gasteiger partial charge in [0.05, 0.1) is 5.56 Å². The maximum Gasteiger partial charge on any atom is 0.338 e. The molecule has 4 fully saturated rings. The quantitative estimate of drug-likeness (QED) is 0.887. The van der Waals surface area contributed by atoms with Gasteiger partial charge in [0.25, 0.3) is 0 Å². The van der Waals surface area contributed by atoms with Gasteiger partial charge in [0.1, 0.15) is 5.82 Å². The third-order valence-corrected chi connectivity index (χ3v) is 5.65. The van der Waals surface area contributed by atoms with Gasteiger partial charge >= 0.3 is 5.97 Å². The van der Waals surface area contributed by atoms with E-state index in [0.29, 0.717) is 0 Å². The van der Waals surface area contributed by atoms with Crippen LogP contribution in [0, 0.1) is 23.6 Å². The van der Waals surface area contributed by atoms with Gasteiger partial charge in [-0.05, 0) is 74.5 Å². The van der Waals surface area contributed by atoms with Gasteiger partial charge in [-0.25, -0.2) is 9.18 Å². The molecule has 4 saturated carbocycles. The van der Waals surface area contributed by atoms with E-state index in [0.717, 1.165) is 23.4 Å². The van der Waals surface area contributed by atoms with E-state index in [1.54, 1.807) is 6.07 Å². The van der Waals surface area contributed by atoms with Crippen molar-refractivity contribution in [2.45, 2.75) is 44.1 Å². The van der Waals surface area contributed by atoms with Crippen molar-refractivity contribution >= 4 is 11.7 Å². The molecule has 0 heterocycles. The highest BCUT2D eigenvalue weighted by molar-refractivity contribution is 5.88. The maximum absolute atomic E-state index is 13.8. The number of carboxylic acid groups (broad SMARTS) is 1. The number of carboxylic acids is 1. The Morgan fingerprint density at radius 2 is 1.71 bits per heavy atom. The summed E-state index contributed by atoms with van der Waals surface area (Å²) in [6.45, 7) is 0. The fraction of sp³-hybridized carbons (Fsp3) is 0.588. The first-order valence-electron chi connectivity index (χ1n) is 7.84. The van der Waals surface area contributed by atoms with Gasteiger partial charge in [0.15, 0.2) is 0 Å². The molecule has 0 unspecified atom stereocenters. The molecule has 4 aliphatic carbocycles. The van der Waals surface area contributed by atoms with Crippen molar-refractivity contribution in [3.8, 4) is 0 Å². The van der Waals surface area contributed by atoms with Crippen LogP contribution in [-0.2, 0) is 0 Å². The number of hydrogen-bond acceptors (Lipinski definition) is 2.